The van der Waals surface area contributed by atoms with Crippen LogP contribution in [0.1, 0.15) is 38.7 Å². The smallest absolute Gasteiger partial charge is 0.0947 e. The summed E-state index contributed by atoms with van der Waals surface area (Å²) in [5, 5.41) is 3.67. The van der Waals surface area contributed by atoms with Gasteiger partial charge in [0.2, 0.25) is 0 Å². The van der Waals surface area contributed by atoms with Crippen molar-refractivity contribution in [3.05, 3.63) is 24.2 Å². The molecule has 1 saturated carbocycles. The monoisotopic (exact) mass is 264 g/mol. The quantitative estimate of drug-likeness (QED) is 0.855. The molecule has 0 aliphatic heterocycles. The fourth-order valence-corrected chi connectivity index (χ4v) is 3.39. The van der Waals surface area contributed by atoms with Gasteiger partial charge in [0.05, 0.1) is 12.5 Å². The first-order chi connectivity index (χ1) is 9.19. The topological polar surface area (TPSA) is 28.4 Å². The summed E-state index contributed by atoms with van der Waals surface area (Å²) >= 11 is 0. The minimum Gasteiger partial charge on any atom is -0.472 e. The molecule has 19 heavy (non-hydrogen) atoms. The third-order valence-corrected chi connectivity index (χ3v) is 4.29. The molecule has 0 saturated heterocycles. The Morgan fingerprint density at radius 1 is 1.42 bits per heavy atom. The second-order valence-electron chi connectivity index (χ2n) is 6.17. The van der Waals surface area contributed by atoms with Gasteiger partial charge in [-0.05, 0) is 50.8 Å². The fourth-order valence-electron chi connectivity index (χ4n) is 3.39. The van der Waals surface area contributed by atoms with Crippen LogP contribution >= 0.6 is 0 Å². The molecule has 108 valence electrons. The predicted octanol–water partition coefficient (Wildman–Crippen LogP) is 3.13. The van der Waals surface area contributed by atoms with Gasteiger partial charge in [0.15, 0.2) is 0 Å². The Morgan fingerprint density at radius 3 is 2.95 bits per heavy atom. The normalized spacial score (nSPS) is 27.9. The molecule has 0 radical (unpaired) electrons. The third-order valence-electron chi connectivity index (χ3n) is 4.29. The van der Waals surface area contributed by atoms with Crippen LogP contribution in [0, 0.1) is 11.8 Å². The summed E-state index contributed by atoms with van der Waals surface area (Å²) < 4.78 is 5.14. The van der Waals surface area contributed by atoms with Gasteiger partial charge in [-0.25, -0.2) is 0 Å². The minimum atomic E-state index is 0.702. The third kappa shape index (κ3) is 4.36. The zero-order valence-electron chi connectivity index (χ0n) is 12.6. The maximum absolute atomic E-state index is 5.14. The van der Waals surface area contributed by atoms with Crippen molar-refractivity contribution in [2.75, 3.05) is 20.1 Å². The van der Waals surface area contributed by atoms with Gasteiger partial charge in [-0.3, -0.25) is 0 Å². The molecule has 1 N–H and O–H groups in total. The van der Waals surface area contributed by atoms with Crippen LogP contribution in [0.25, 0.3) is 0 Å². The number of hydrogen-bond acceptors (Lipinski definition) is 3. The standard InChI is InChI=1S/C16H28N2O/c1-4-17-16-6-5-13(2)9-15(16)11-18(3)10-14-7-8-19-12-14/h7-8,12-13,15-17H,4-6,9-11H2,1-3H3. The number of nitrogens with one attached hydrogen (secondary N) is 1. The first kappa shape index (κ1) is 14.6. The Balaban J connectivity index is 1.86. The largest absolute Gasteiger partial charge is 0.472 e. The van der Waals surface area contributed by atoms with Crippen LogP contribution in [0.4, 0.5) is 0 Å². The molecule has 0 aromatic carbocycles. The first-order valence-corrected chi connectivity index (χ1v) is 7.62. The SMILES string of the molecule is CCNC1CCC(C)CC1CN(C)Cc1ccoc1. The highest BCUT2D eigenvalue weighted by Crippen LogP contribution is 2.29. The summed E-state index contributed by atoms with van der Waals surface area (Å²) in [5.41, 5.74) is 1.27. The highest BCUT2D eigenvalue weighted by molar-refractivity contribution is 5.04. The van der Waals surface area contributed by atoms with Gasteiger partial charge in [0.25, 0.3) is 0 Å². The van der Waals surface area contributed by atoms with E-state index in [-0.39, 0.29) is 0 Å². The van der Waals surface area contributed by atoms with E-state index in [0.717, 1.165) is 24.9 Å². The lowest BCUT2D eigenvalue weighted by molar-refractivity contribution is 0.158. The van der Waals surface area contributed by atoms with Crippen molar-refractivity contribution in [2.45, 2.75) is 45.7 Å². The number of nitrogens with zero attached hydrogens (tertiary/aromatic N) is 1. The molecular weight excluding hydrogens is 236 g/mol. The Morgan fingerprint density at radius 2 is 2.26 bits per heavy atom. The molecule has 1 aromatic heterocycles. The molecular formula is C16H28N2O. The van der Waals surface area contributed by atoms with Gasteiger partial charge in [-0.15, -0.1) is 0 Å². The molecule has 2 rings (SSSR count). The average molecular weight is 264 g/mol. The van der Waals surface area contributed by atoms with Crippen molar-refractivity contribution >= 4 is 0 Å². The number of rotatable bonds is 6. The summed E-state index contributed by atoms with van der Waals surface area (Å²) in [4.78, 5) is 2.43. The van der Waals surface area contributed by atoms with E-state index in [0.29, 0.717) is 6.04 Å². The van der Waals surface area contributed by atoms with Crippen LogP contribution in [0.5, 0.6) is 0 Å². The summed E-state index contributed by atoms with van der Waals surface area (Å²) in [6, 6.07) is 2.76. The zero-order chi connectivity index (χ0) is 13.7. The van der Waals surface area contributed by atoms with Crippen LogP contribution in [-0.2, 0) is 6.54 Å². The fraction of sp³-hybridized carbons (Fsp3) is 0.750. The second kappa shape index (κ2) is 7.11. The van der Waals surface area contributed by atoms with E-state index in [1.54, 1.807) is 6.26 Å². The molecule has 1 aliphatic rings. The molecule has 3 heteroatoms. The van der Waals surface area contributed by atoms with E-state index in [2.05, 4.69) is 37.2 Å². The van der Waals surface area contributed by atoms with Crippen molar-refractivity contribution < 1.29 is 4.42 Å². The van der Waals surface area contributed by atoms with Gasteiger partial charge in [0, 0.05) is 24.7 Å². The Bertz CT molecular complexity index is 350. The van der Waals surface area contributed by atoms with Crippen LogP contribution < -0.4 is 5.32 Å². The van der Waals surface area contributed by atoms with E-state index in [1.165, 1.54) is 31.4 Å². The van der Waals surface area contributed by atoms with Crippen LogP contribution in [-0.4, -0.2) is 31.1 Å². The van der Waals surface area contributed by atoms with Gasteiger partial charge in [-0.2, -0.15) is 0 Å². The summed E-state index contributed by atoms with van der Waals surface area (Å²) in [5.74, 6) is 1.66. The molecule has 1 fully saturated rings. The van der Waals surface area contributed by atoms with Crippen molar-refractivity contribution in [1.29, 1.82) is 0 Å². The zero-order valence-corrected chi connectivity index (χ0v) is 12.6. The van der Waals surface area contributed by atoms with Gasteiger partial charge >= 0.3 is 0 Å². The summed E-state index contributed by atoms with van der Waals surface area (Å²) in [6.07, 6.45) is 7.67. The Kier molecular flexibility index (Phi) is 5.46. The van der Waals surface area contributed by atoms with E-state index in [4.69, 9.17) is 4.42 Å². The van der Waals surface area contributed by atoms with Gasteiger partial charge < -0.3 is 14.6 Å². The molecule has 0 spiro atoms. The molecule has 1 aromatic rings. The Labute approximate surface area is 117 Å². The molecule has 3 atom stereocenters. The lowest BCUT2D eigenvalue weighted by Crippen LogP contribution is -2.44. The lowest BCUT2D eigenvalue weighted by atomic mass is 9.78. The summed E-state index contributed by atoms with van der Waals surface area (Å²) in [7, 11) is 2.22. The number of hydrogen-bond donors (Lipinski definition) is 1. The van der Waals surface area contributed by atoms with Crippen molar-refractivity contribution in [3.63, 3.8) is 0 Å². The predicted molar refractivity (Wildman–Crippen MR) is 79.0 cm³/mol. The molecule has 1 aliphatic carbocycles. The molecule has 1 heterocycles. The van der Waals surface area contributed by atoms with E-state index in [9.17, 15) is 0 Å². The van der Waals surface area contributed by atoms with E-state index >= 15 is 0 Å². The molecule has 3 unspecified atom stereocenters. The molecule has 0 amide bonds. The second-order valence-corrected chi connectivity index (χ2v) is 6.17. The lowest BCUT2D eigenvalue weighted by Gasteiger charge is -2.37. The minimum absolute atomic E-state index is 0.702. The molecule has 3 nitrogen and oxygen atoms in total. The van der Waals surface area contributed by atoms with Crippen LogP contribution in [0.2, 0.25) is 0 Å². The van der Waals surface area contributed by atoms with Crippen molar-refractivity contribution in [2.24, 2.45) is 11.8 Å². The van der Waals surface area contributed by atoms with E-state index < -0.39 is 0 Å². The summed E-state index contributed by atoms with van der Waals surface area (Å²) in [6.45, 7) is 7.85. The van der Waals surface area contributed by atoms with Gasteiger partial charge in [-0.1, -0.05) is 13.8 Å². The van der Waals surface area contributed by atoms with E-state index in [1.807, 2.05) is 6.26 Å². The highest BCUT2D eigenvalue weighted by atomic mass is 16.3. The van der Waals surface area contributed by atoms with Crippen molar-refractivity contribution in [1.82, 2.24) is 10.2 Å². The van der Waals surface area contributed by atoms with Crippen LogP contribution in [0.3, 0.4) is 0 Å². The Hall–Kier alpha value is -0.800. The highest BCUT2D eigenvalue weighted by Gasteiger charge is 2.28. The maximum atomic E-state index is 5.14. The number of furan rings is 1. The van der Waals surface area contributed by atoms with Crippen molar-refractivity contribution in [3.8, 4) is 0 Å². The van der Waals surface area contributed by atoms with Gasteiger partial charge in [0.1, 0.15) is 0 Å². The maximum Gasteiger partial charge on any atom is 0.0947 e. The average Bonchev–Trinajstić information content (AvgIpc) is 2.85. The van der Waals surface area contributed by atoms with Crippen LogP contribution in [0.15, 0.2) is 23.0 Å². The first-order valence-electron chi connectivity index (χ1n) is 7.62. The molecule has 0 bridgehead atoms.